The van der Waals surface area contributed by atoms with Crippen molar-refractivity contribution in [3.8, 4) is 0 Å². The summed E-state index contributed by atoms with van der Waals surface area (Å²) in [6.07, 6.45) is 0.461. The number of nitrogens with one attached hydrogen (secondary N) is 1. The molecule has 116 valence electrons. The van der Waals surface area contributed by atoms with Crippen LogP contribution in [-0.2, 0) is 9.84 Å². The van der Waals surface area contributed by atoms with Gasteiger partial charge in [0.05, 0.1) is 11.5 Å². The number of Topliss-reactive ketones (excluding diaryl/α,β-unsaturated/α-hetero) is 1. The Morgan fingerprint density at radius 2 is 1.90 bits per heavy atom. The summed E-state index contributed by atoms with van der Waals surface area (Å²) >= 11 is 0. The number of ketones is 1. The summed E-state index contributed by atoms with van der Waals surface area (Å²) in [5.74, 6) is -0.235. The Labute approximate surface area is 124 Å². The Kier molecular flexibility index (Phi) is 3.97. The Morgan fingerprint density at radius 1 is 1.29 bits per heavy atom. The van der Waals surface area contributed by atoms with E-state index in [-0.39, 0.29) is 29.2 Å². The van der Waals surface area contributed by atoms with Gasteiger partial charge >= 0.3 is 0 Å². The van der Waals surface area contributed by atoms with Crippen molar-refractivity contribution >= 4 is 21.5 Å². The molecule has 1 amide bonds. The summed E-state index contributed by atoms with van der Waals surface area (Å²) < 4.78 is 23.1. The van der Waals surface area contributed by atoms with Crippen molar-refractivity contribution in [2.75, 3.05) is 18.6 Å². The van der Waals surface area contributed by atoms with Crippen LogP contribution in [0, 0.1) is 13.8 Å². The van der Waals surface area contributed by atoms with Crippen molar-refractivity contribution in [1.82, 2.24) is 9.88 Å². The van der Waals surface area contributed by atoms with Gasteiger partial charge in [-0.15, -0.1) is 0 Å². The Morgan fingerprint density at radius 3 is 2.33 bits per heavy atom. The summed E-state index contributed by atoms with van der Waals surface area (Å²) in [5.41, 5.74) is 2.18. The first-order chi connectivity index (χ1) is 9.64. The van der Waals surface area contributed by atoms with Gasteiger partial charge < -0.3 is 9.88 Å². The lowest BCUT2D eigenvalue weighted by Gasteiger charge is -2.23. The molecule has 1 unspecified atom stereocenters. The van der Waals surface area contributed by atoms with E-state index in [1.54, 1.807) is 20.9 Å². The standard InChI is InChI=1S/C14H20N2O4S/c1-8-12(10(3)17)9(2)15-13(8)14(18)16(4)11-5-6-21(19,20)7-11/h11,15H,5-7H2,1-4H3. The minimum absolute atomic E-state index is 0.00748. The van der Waals surface area contributed by atoms with Crippen molar-refractivity contribution in [3.05, 3.63) is 22.5 Å². The van der Waals surface area contributed by atoms with Crippen LogP contribution < -0.4 is 0 Å². The first-order valence-electron chi connectivity index (χ1n) is 6.81. The second kappa shape index (κ2) is 5.29. The smallest absolute Gasteiger partial charge is 0.270 e. The number of aryl methyl sites for hydroxylation is 1. The van der Waals surface area contributed by atoms with Gasteiger partial charge in [-0.05, 0) is 32.8 Å². The molecule has 7 heteroatoms. The number of nitrogens with zero attached hydrogens (tertiary/aromatic N) is 1. The Balaban J connectivity index is 2.29. The number of amides is 1. The van der Waals surface area contributed by atoms with Crippen LogP contribution in [0.4, 0.5) is 0 Å². The molecule has 6 nitrogen and oxygen atoms in total. The molecule has 21 heavy (non-hydrogen) atoms. The fraction of sp³-hybridized carbons (Fsp3) is 0.571. The molecular weight excluding hydrogens is 292 g/mol. The predicted molar refractivity (Wildman–Crippen MR) is 79.4 cm³/mol. The van der Waals surface area contributed by atoms with Crippen molar-refractivity contribution in [3.63, 3.8) is 0 Å². The molecule has 0 aliphatic carbocycles. The lowest BCUT2D eigenvalue weighted by molar-refractivity contribution is 0.0741. The SMILES string of the molecule is CC(=O)c1c(C)[nH]c(C(=O)N(C)C2CCS(=O)(=O)C2)c1C. The number of sulfone groups is 1. The van der Waals surface area contributed by atoms with E-state index < -0.39 is 9.84 Å². The van der Waals surface area contributed by atoms with Crippen LogP contribution in [0.1, 0.15) is 45.4 Å². The predicted octanol–water partition coefficient (Wildman–Crippen LogP) is 1.09. The highest BCUT2D eigenvalue weighted by Crippen LogP contribution is 2.23. The fourth-order valence-electron chi connectivity index (χ4n) is 2.91. The minimum Gasteiger partial charge on any atom is -0.354 e. The number of carbonyl (C=O) groups is 2. The number of hydrogen-bond donors (Lipinski definition) is 1. The summed E-state index contributed by atoms with van der Waals surface area (Å²) in [5, 5.41) is 0. The lowest BCUT2D eigenvalue weighted by Crippen LogP contribution is -2.38. The monoisotopic (exact) mass is 312 g/mol. The normalized spacial score (nSPS) is 20.5. The molecule has 1 aromatic heterocycles. The first kappa shape index (κ1) is 15.8. The van der Waals surface area contributed by atoms with Gasteiger partial charge in [-0.2, -0.15) is 0 Å². The van der Waals surface area contributed by atoms with Gasteiger partial charge in [0, 0.05) is 24.3 Å². The maximum absolute atomic E-state index is 12.5. The number of rotatable bonds is 3. The molecular formula is C14H20N2O4S. The highest BCUT2D eigenvalue weighted by Gasteiger charge is 2.34. The van der Waals surface area contributed by atoms with Gasteiger partial charge in [0.25, 0.3) is 5.91 Å². The van der Waals surface area contributed by atoms with Crippen LogP contribution in [0.5, 0.6) is 0 Å². The maximum atomic E-state index is 12.5. The van der Waals surface area contributed by atoms with E-state index >= 15 is 0 Å². The Hall–Kier alpha value is -1.63. The van der Waals surface area contributed by atoms with Gasteiger partial charge in [0.15, 0.2) is 15.6 Å². The Bertz CT molecular complexity index is 703. The molecule has 1 aliphatic heterocycles. The number of H-pyrrole nitrogens is 1. The van der Waals surface area contributed by atoms with E-state index in [0.29, 0.717) is 28.9 Å². The van der Waals surface area contributed by atoms with Crippen LogP contribution in [0.15, 0.2) is 0 Å². The fourth-order valence-corrected chi connectivity index (χ4v) is 4.69. The van der Waals surface area contributed by atoms with Crippen molar-refractivity contribution in [2.45, 2.75) is 33.2 Å². The molecule has 1 N–H and O–H groups in total. The molecule has 1 atom stereocenters. The summed E-state index contributed by atoms with van der Waals surface area (Å²) in [4.78, 5) is 28.6. The van der Waals surface area contributed by atoms with Crippen LogP contribution >= 0.6 is 0 Å². The molecule has 0 saturated carbocycles. The number of hydrogen-bond acceptors (Lipinski definition) is 4. The first-order valence-corrected chi connectivity index (χ1v) is 8.64. The van der Waals surface area contributed by atoms with E-state index in [0.717, 1.165) is 0 Å². The minimum atomic E-state index is -3.04. The molecule has 1 saturated heterocycles. The number of aromatic amines is 1. The molecule has 2 rings (SSSR count). The average Bonchev–Trinajstić information content (AvgIpc) is 2.87. The third kappa shape index (κ3) is 2.88. The lowest BCUT2D eigenvalue weighted by atomic mass is 10.1. The third-order valence-corrected chi connectivity index (χ3v) is 5.83. The number of aromatic nitrogens is 1. The van der Waals surface area contributed by atoms with E-state index in [9.17, 15) is 18.0 Å². The van der Waals surface area contributed by atoms with Crippen molar-refractivity contribution < 1.29 is 18.0 Å². The van der Waals surface area contributed by atoms with Gasteiger partial charge in [0.2, 0.25) is 0 Å². The van der Waals surface area contributed by atoms with Gasteiger partial charge in [-0.3, -0.25) is 9.59 Å². The maximum Gasteiger partial charge on any atom is 0.270 e. The molecule has 1 aliphatic rings. The quantitative estimate of drug-likeness (QED) is 0.846. The second-order valence-electron chi connectivity index (χ2n) is 5.65. The van der Waals surface area contributed by atoms with Crippen LogP contribution in [-0.4, -0.2) is 54.6 Å². The summed E-state index contributed by atoms with van der Waals surface area (Å²) in [6.45, 7) is 4.94. The van der Waals surface area contributed by atoms with E-state index in [1.807, 2.05) is 0 Å². The number of carbonyl (C=O) groups excluding carboxylic acids is 2. The average molecular weight is 312 g/mol. The molecule has 0 spiro atoms. The van der Waals surface area contributed by atoms with Crippen LogP contribution in [0.3, 0.4) is 0 Å². The molecule has 2 heterocycles. The van der Waals surface area contributed by atoms with Gasteiger partial charge in [-0.1, -0.05) is 0 Å². The highest BCUT2D eigenvalue weighted by atomic mass is 32.2. The van der Waals surface area contributed by atoms with E-state index in [1.165, 1.54) is 11.8 Å². The zero-order chi connectivity index (χ0) is 15.9. The zero-order valence-corrected chi connectivity index (χ0v) is 13.5. The topological polar surface area (TPSA) is 87.3 Å². The van der Waals surface area contributed by atoms with Crippen LogP contribution in [0.2, 0.25) is 0 Å². The van der Waals surface area contributed by atoms with Gasteiger partial charge in [0.1, 0.15) is 5.69 Å². The molecule has 1 fully saturated rings. The zero-order valence-electron chi connectivity index (χ0n) is 12.7. The second-order valence-corrected chi connectivity index (χ2v) is 7.88. The van der Waals surface area contributed by atoms with Crippen molar-refractivity contribution in [2.24, 2.45) is 0 Å². The molecule has 0 bridgehead atoms. The van der Waals surface area contributed by atoms with E-state index in [2.05, 4.69) is 4.98 Å². The molecule has 0 radical (unpaired) electrons. The summed E-state index contributed by atoms with van der Waals surface area (Å²) in [6, 6.07) is -0.300. The highest BCUT2D eigenvalue weighted by molar-refractivity contribution is 7.91. The van der Waals surface area contributed by atoms with Crippen molar-refractivity contribution in [1.29, 1.82) is 0 Å². The third-order valence-electron chi connectivity index (χ3n) is 4.08. The molecule has 1 aromatic rings. The van der Waals surface area contributed by atoms with E-state index in [4.69, 9.17) is 0 Å². The summed E-state index contributed by atoms with van der Waals surface area (Å²) in [7, 11) is -1.43. The molecule has 0 aromatic carbocycles. The van der Waals surface area contributed by atoms with Crippen LogP contribution in [0.25, 0.3) is 0 Å². The largest absolute Gasteiger partial charge is 0.354 e. The van der Waals surface area contributed by atoms with Gasteiger partial charge in [-0.25, -0.2) is 8.42 Å².